The van der Waals surface area contributed by atoms with Gasteiger partial charge in [0.25, 0.3) is 0 Å². The molecule has 6 heteroatoms. The summed E-state index contributed by atoms with van der Waals surface area (Å²) in [5, 5.41) is 15.3. The van der Waals surface area contributed by atoms with Gasteiger partial charge in [-0.1, -0.05) is 0 Å². The standard InChI is InChI=1S/C17H21N3O3/c1-20-8-2-4-12-10-13(6-7-14(12)20)19-17(22)18-11-15(21)16-5-3-9-23-16/h3,5-7,9-10,15,21H,2,4,8,11H2,1H3,(H2,18,19,22). The molecule has 1 atom stereocenters. The maximum atomic E-state index is 11.9. The zero-order valence-corrected chi connectivity index (χ0v) is 13.1. The van der Waals surface area contributed by atoms with Crippen LogP contribution in [0, 0.1) is 0 Å². The van der Waals surface area contributed by atoms with Gasteiger partial charge in [-0.2, -0.15) is 0 Å². The van der Waals surface area contributed by atoms with E-state index in [1.165, 1.54) is 17.5 Å². The molecule has 1 aromatic carbocycles. The molecule has 0 saturated heterocycles. The van der Waals surface area contributed by atoms with Crippen molar-refractivity contribution in [1.29, 1.82) is 0 Å². The zero-order chi connectivity index (χ0) is 16.2. The summed E-state index contributed by atoms with van der Waals surface area (Å²) in [7, 11) is 2.08. The molecule has 2 amide bonds. The molecule has 0 aliphatic carbocycles. The zero-order valence-electron chi connectivity index (χ0n) is 13.1. The molecule has 1 aliphatic heterocycles. The molecule has 1 unspecified atom stereocenters. The summed E-state index contributed by atoms with van der Waals surface area (Å²) in [6, 6.07) is 8.95. The molecule has 6 nitrogen and oxygen atoms in total. The first kappa shape index (κ1) is 15.4. The Bertz CT molecular complexity index is 670. The normalized spacial score (nSPS) is 15.0. The molecule has 0 radical (unpaired) electrons. The van der Waals surface area contributed by atoms with E-state index in [2.05, 4.69) is 22.6 Å². The van der Waals surface area contributed by atoms with Gasteiger partial charge in [0.05, 0.1) is 12.8 Å². The summed E-state index contributed by atoms with van der Waals surface area (Å²) < 4.78 is 5.09. The van der Waals surface area contributed by atoms with E-state index < -0.39 is 6.10 Å². The number of nitrogens with zero attached hydrogens (tertiary/aromatic N) is 1. The number of aliphatic hydroxyl groups excluding tert-OH is 1. The van der Waals surface area contributed by atoms with Crippen LogP contribution < -0.4 is 15.5 Å². The van der Waals surface area contributed by atoms with Gasteiger partial charge in [-0.25, -0.2) is 4.79 Å². The number of rotatable bonds is 4. The number of urea groups is 1. The van der Waals surface area contributed by atoms with Gasteiger partial charge in [0.2, 0.25) is 0 Å². The third-order valence-corrected chi connectivity index (χ3v) is 4.02. The van der Waals surface area contributed by atoms with Crippen molar-refractivity contribution in [3.05, 3.63) is 47.9 Å². The number of carbonyl (C=O) groups is 1. The van der Waals surface area contributed by atoms with Crippen LogP contribution in [0.4, 0.5) is 16.2 Å². The molecule has 3 rings (SSSR count). The molecule has 1 aromatic heterocycles. The lowest BCUT2D eigenvalue weighted by atomic mass is 10.0. The van der Waals surface area contributed by atoms with Gasteiger partial charge in [-0.3, -0.25) is 0 Å². The third-order valence-electron chi connectivity index (χ3n) is 4.02. The van der Waals surface area contributed by atoms with Crippen LogP contribution in [-0.4, -0.2) is 31.3 Å². The highest BCUT2D eigenvalue weighted by Gasteiger charge is 2.15. The second-order valence-corrected chi connectivity index (χ2v) is 5.73. The molecule has 2 heterocycles. The van der Waals surface area contributed by atoms with E-state index in [-0.39, 0.29) is 12.6 Å². The van der Waals surface area contributed by atoms with Crippen LogP contribution >= 0.6 is 0 Å². The van der Waals surface area contributed by atoms with E-state index in [1.807, 2.05) is 18.2 Å². The summed E-state index contributed by atoms with van der Waals surface area (Å²) in [6.45, 7) is 1.15. The van der Waals surface area contributed by atoms with E-state index in [0.717, 1.165) is 25.1 Å². The fraction of sp³-hybridized carbons (Fsp3) is 0.353. The molecule has 0 saturated carbocycles. The quantitative estimate of drug-likeness (QED) is 0.810. The predicted molar refractivity (Wildman–Crippen MR) is 88.7 cm³/mol. The van der Waals surface area contributed by atoms with Crippen LogP contribution in [0.3, 0.4) is 0 Å². The number of aliphatic hydroxyl groups is 1. The van der Waals surface area contributed by atoms with Gasteiger partial charge >= 0.3 is 6.03 Å². The number of aryl methyl sites for hydroxylation is 1. The number of furan rings is 1. The van der Waals surface area contributed by atoms with Crippen molar-refractivity contribution < 1.29 is 14.3 Å². The van der Waals surface area contributed by atoms with Crippen LogP contribution in [-0.2, 0) is 6.42 Å². The Balaban J connectivity index is 1.56. The van der Waals surface area contributed by atoms with Crippen molar-refractivity contribution in [2.75, 3.05) is 30.4 Å². The number of benzene rings is 1. The number of anilines is 2. The molecular weight excluding hydrogens is 294 g/mol. The van der Waals surface area contributed by atoms with Crippen LogP contribution in [0.2, 0.25) is 0 Å². The van der Waals surface area contributed by atoms with Crippen LogP contribution in [0.25, 0.3) is 0 Å². The summed E-state index contributed by atoms with van der Waals surface area (Å²) >= 11 is 0. The Labute approximate surface area is 135 Å². The van der Waals surface area contributed by atoms with E-state index in [4.69, 9.17) is 4.42 Å². The van der Waals surface area contributed by atoms with Crippen molar-refractivity contribution >= 4 is 17.4 Å². The first-order valence-electron chi connectivity index (χ1n) is 7.74. The number of nitrogens with one attached hydrogen (secondary N) is 2. The highest BCUT2D eigenvalue weighted by atomic mass is 16.4. The molecule has 122 valence electrons. The Morgan fingerprint density at radius 2 is 2.30 bits per heavy atom. The van der Waals surface area contributed by atoms with Gasteiger partial charge in [0, 0.05) is 25.0 Å². The SMILES string of the molecule is CN1CCCc2cc(NC(=O)NCC(O)c3ccco3)ccc21. The van der Waals surface area contributed by atoms with Gasteiger partial charge in [-0.05, 0) is 48.7 Å². The number of hydrogen-bond acceptors (Lipinski definition) is 4. The third kappa shape index (κ3) is 3.65. The lowest BCUT2D eigenvalue weighted by molar-refractivity contribution is 0.149. The van der Waals surface area contributed by atoms with Gasteiger partial charge in [-0.15, -0.1) is 0 Å². The molecule has 3 N–H and O–H groups in total. The fourth-order valence-corrected chi connectivity index (χ4v) is 2.81. The average Bonchev–Trinajstić information content (AvgIpc) is 3.07. The maximum absolute atomic E-state index is 11.9. The second kappa shape index (κ2) is 6.75. The summed E-state index contributed by atoms with van der Waals surface area (Å²) in [6.07, 6.45) is 2.78. The largest absolute Gasteiger partial charge is 0.467 e. The van der Waals surface area contributed by atoms with E-state index in [0.29, 0.717) is 5.76 Å². The Morgan fingerprint density at radius 1 is 1.43 bits per heavy atom. The van der Waals surface area contributed by atoms with Crippen molar-refractivity contribution in [3.63, 3.8) is 0 Å². The topological polar surface area (TPSA) is 77.7 Å². The minimum Gasteiger partial charge on any atom is -0.467 e. The first-order chi connectivity index (χ1) is 11.1. The molecular formula is C17H21N3O3. The smallest absolute Gasteiger partial charge is 0.319 e. The highest BCUT2D eigenvalue weighted by Crippen LogP contribution is 2.28. The maximum Gasteiger partial charge on any atom is 0.319 e. The predicted octanol–water partition coefficient (Wildman–Crippen LogP) is 2.52. The highest BCUT2D eigenvalue weighted by molar-refractivity contribution is 5.89. The molecule has 0 spiro atoms. The number of carbonyl (C=O) groups excluding carboxylic acids is 1. The van der Waals surface area contributed by atoms with Crippen molar-refractivity contribution in [2.45, 2.75) is 18.9 Å². The number of hydrogen-bond donors (Lipinski definition) is 3. The molecule has 2 aromatic rings. The average molecular weight is 315 g/mol. The van der Waals surface area contributed by atoms with E-state index in [1.54, 1.807) is 12.1 Å². The van der Waals surface area contributed by atoms with Crippen LogP contribution in [0.5, 0.6) is 0 Å². The minimum absolute atomic E-state index is 0.0903. The summed E-state index contributed by atoms with van der Waals surface area (Å²) in [5.74, 6) is 0.433. The van der Waals surface area contributed by atoms with Gasteiger partial charge in [0.15, 0.2) is 0 Å². The van der Waals surface area contributed by atoms with Crippen molar-refractivity contribution in [2.24, 2.45) is 0 Å². The van der Waals surface area contributed by atoms with E-state index in [9.17, 15) is 9.90 Å². The summed E-state index contributed by atoms with van der Waals surface area (Å²) in [4.78, 5) is 14.2. The Kier molecular flexibility index (Phi) is 4.52. The fourth-order valence-electron chi connectivity index (χ4n) is 2.81. The van der Waals surface area contributed by atoms with Crippen LogP contribution in [0.1, 0.15) is 23.8 Å². The van der Waals surface area contributed by atoms with Gasteiger partial charge < -0.3 is 25.1 Å². The first-order valence-corrected chi connectivity index (χ1v) is 7.74. The van der Waals surface area contributed by atoms with Gasteiger partial charge in [0.1, 0.15) is 11.9 Å². The molecule has 0 fully saturated rings. The number of amides is 2. The summed E-state index contributed by atoms with van der Waals surface area (Å²) in [5.41, 5.74) is 3.21. The second-order valence-electron chi connectivity index (χ2n) is 5.73. The monoisotopic (exact) mass is 315 g/mol. The Hall–Kier alpha value is -2.47. The lowest BCUT2D eigenvalue weighted by Crippen LogP contribution is -2.32. The molecule has 23 heavy (non-hydrogen) atoms. The Morgan fingerprint density at radius 3 is 3.09 bits per heavy atom. The van der Waals surface area contributed by atoms with Crippen molar-refractivity contribution in [3.8, 4) is 0 Å². The van der Waals surface area contributed by atoms with Crippen LogP contribution in [0.15, 0.2) is 41.0 Å². The number of fused-ring (bicyclic) bond motifs is 1. The minimum atomic E-state index is -0.854. The molecule has 1 aliphatic rings. The lowest BCUT2D eigenvalue weighted by Gasteiger charge is -2.27. The molecule has 0 bridgehead atoms. The van der Waals surface area contributed by atoms with E-state index >= 15 is 0 Å². The van der Waals surface area contributed by atoms with Crippen molar-refractivity contribution in [1.82, 2.24) is 5.32 Å².